The summed E-state index contributed by atoms with van der Waals surface area (Å²) in [6.45, 7) is 0.772. The van der Waals surface area contributed by atoms with Crippen molar-refractivity contribution in [3.8, 4) is 0 Å². The molecule has 1 unspecified atom stereocenters. The van der Waals surface area contributed by atoms with Crippen molar-refractivity contribution in [3.63, 3.8) is 0 Å². The van der Waals surface area contributed by atoms with E-state index in [4.69, 9.17) is 0 Å². The highest BCUT2D eigenvalue weighted by Crippen LogP contribution is 2.32. The largest absolute Gasteiger partial charge is 0.362 e. The number of benzene rings is 2. The summed E-state index contributed by atoms with van der Waals surface area (Å²) < 4.78 is 2.10. The van der Waals surface area contributed by atoms with Gasteiger partial charge >= 0.3 is 0 Å². The van der Waals surface area contributed by atoms with E-state index in [1.807, 2.05) is 42.6 Å². The lowest BCUT2D eigenvalue weighted by atomic mass is 9.93. The molecule has 1 aliphatic rings. The molecule has 0 saturated carbocycles. The van der Waals surface area contributed by atoms with E-state index >= 15 is 0 Å². The van der Waals surface area contributed by atoms with Crippen molar-refractivity contribution in [3.05, 3.63) is 102 Å². The number of hydrogen-bond acceptors (Lipinski definition) is 5. The summed E-state index contributed by atoms with van der Waals surface area (Å²) in [6.07, 6.45) is 5.06. The maximum absolute atomic E-state index is 12.4. The molecule has 7 nitrogen and oxygen atoms in total. The summed E-state index contributed by atoms with van der Waals surface area (Å²) in [4.78, 5) is 12.4. The van der Waals surface area contributed by atoms with Crippen LogP contribution < -0.4 is 10.6 Å². The van der Waals surface area contributed by atoms with Gasteiger partial charge in [-0.25, -0.2) is 0 Å². The van der Waals surface area contributed by atoms with Crippen LogP contribution in [0.4, 0.5) is 11.5 Å². The highest BCUT2D eigenvalue weighted by atomic mass is 16.1. The number of para-hydroxylation sites is 1. The summed E-state index contributed by atoms with van der Waals surface area (Å²) in [5.74, 6) is 0.368. The van der Waals surface area contributed by atoms with Gasteiger partial charge in [-0.1, -0.05) is 48.5 Å². The first-order chi connectivity index (χ1) is 15.8. The van der Waals surface area contributed by atoms with Gasteiger partial charge in [-0.3, -0.25) is 9.48 Å². The van der Waals surface area contributed by atoms with Crippen LogP contribution in [0.1, 0.15) is 46.2 Å². The van der Waals surface area contributed by atoms with Gasteiger partial charge in [-0.05, 0) is 49.1 Å². The van der Waals surface area contributed by atoms with Crippen molar-refractivity contribution in [2.75, 3.05) is 10.6 Å². The smallest absolute Gasteiger partial charge is 0.276 e. The molecule has 2 aromatic heterocycles. The fourth-order valence-electron chi connectivity index (χ4n) is 4.09. The molecule has 0 saturated heterocycles. The van der Waals surface area contributed by atoms with Crippen molar-refractivity contribution >= 4 is 17.4 Å². The summed E-state index contributed by atoms with van der Waals surface area (Å²) in [7, 11) is 0. The molecule has 32 heavy (non-hydrogen) atoms. The third-order valence-electron chi connectivity index (χ3n) is 5.69. The maximum Gasteiger partial charge on any atom is 0.276 e. The van der Waals surface area contributed by atoms with Crippen molar-refractivity contribution in [2.45, 2.75) is 31.8 Å². The zero-order valence-electron chi connectivity index (χ0n) is 17.6. The van der Waals surface area contributed by atoms with Crippen molar-refractivity contribution < 1.29 is 4.79 Å². The number of rotatable bonds is 6. The fraction of sp³-hybridized carbons (Fsp3) is 0.200. The molecule has 0 spiro atoms. The van der Waals surface area contributed by atoms with E-state index in [9.17, 15) is 4.79 Å². The van der Waals surface area contributed by atoms with Gasteiger partial charge in [0.15, 0.2) is 5.69 Å². The number of hydrogen-bond donors (Lipinski definition) is 2. The van der Waals surface area contributed by atoms with Crippen LogP contribution >= 0.6 is 0 Å². The Kier molecular flexibility index (Phi) is 5.61. The van der Waals surface area contributed by atoms with E-state index in [0.29, 0.717) is 5.82 Å². The van der Waals surface area contributed by atoms with Gasteiger partial charge in [0.25, 0.3) is 5.91 Å². The SMILES string of the molecule is O=C(Nc1ccccc1)c1ccc(NC2CCCc3c2cnn3Cc2ccccc2)nn1. The highest BCUT2D eigenvalue weighted by molar-refractivity contribution is 6.02. The number of nitrogens with zero attached hydrogens (tertiary/aromatic N) is 4. The standard InChI is InChI=1S/C25H24N6O/c32-25(27-19-10-5-2-6-11-19)22-14-15-24(30-29-22)28-21-12-7-13-23-20(21)16-26-31(23)17-18-8-3-1-4-9-18/h1-6,8-11,14-16,21H,7,12-13,17H2,(H,27,32)(H,28,30). The summed E-state index contributed by atoms with van der Waals surface area (Å²) in [5, 5.41) is 19.3. The number of aromatic nitrogens is 4. The molecule has 2 aromatic carbocycles. The Hall–Kier alpha value is -4.00. The normalized spacial score (nSPS) is 15.1. The van der Waals surface area contributed by atoms with E-state index in [1.165, 1.54) is 16.8 Å². The first-order valence-electron chi connectivity index (χ1n) is 10.8. The van der Waals surface area contributed by atoms with Crippen LogP contribution in [0, 0.1) is 0 Å². The second-order valence-electron chi connectivity index (χ2n) is 7.90. The molecule has 7 heteroatoms. The fourth-order valence-corrected chi connectivity index (χ4v) is 4.09. The predicted octanol–water partition coefficient (Wildman–Crippen LogP) is 4.46. The molecule has 0 aliphatic heterocycles. The van der Waals surface area contributed by atoms with Crippen LogP contribution in [-0.4, -0.2) is 25.9 Å². The molecule has 2 N–H and O–H groups in total. The molecule has 160 valence electrons. The summed E-state index contributed by atoms with van der Waals surface area (Å²) in [6, 6.07) is 23.3. The van der Waals surface area contributed by atoms with Gasteiger partial charge in [-0.15, -0.1) is 10.2 Å². The minimum absolute atomic E-state index is 0.126. The average molecular weight is 425 g/mol. The Morgan fingerprint density at radius 1 is 0.969 bits per heavy atom. The Morgan fingerprint density at radius 2 is 1.75 bits per heavy atom. The molecule has 1 atom stereocenters. The Labute approximate surface area is 186 Å². The van der Waals surface area contributed by atoms with E-state index < -0.39 is 0 Å². The van der Waals surface area contributed by atoms with E-state index in [-0.39, 0.29) is 17.6 Å². The molecule has 0 bridgehead atoms. The van der Waals surface area contributed by atoms with Crippen molar-refractivity contribution in [2.24, 2.45) is 0 Å². The quantitative estimate of drug-likeness (QED) is 0.477. The molecule has 2 heterocycles. The molecule has 1 aliphatic carbocycles. The number of carbonyl (C=O) groups is 1. The lowest BCUT2D eigenvalue weighted by Crippen LogP contribution is -2.20. The number of fused-ring (bicyclic) bond motifs is 1. The molecular weight excluding hydrogens is 400 g/mol. The molecule has 5 rings (SSSR count). The second-order valence-corrected chi connectivity index (χ2v) is 7.90. The Bertz CT molecular complexity index is 1190. The lowest BCUT2D eigenvalue weighted by Gasteiger charge is -2.24. The summed E-state index contributed by atoms with van der Waals surface area (Å²) >= 11 is 0. The van der Waals surface area contributed by atoms with Crippen LogP contribution in [0.5, 0.6) is 0 Å². The monoisotopic (exact) mass is 424 g/mol. The summed E-state index contributed by atoms with van der Waals surface area (Å²) in [5.41, 5.74) is 4.72. The Balaban J connectivity index is 1.27. The first kappa shape index (κ1) is 19.9. The first-order valence-corrected chi connectivity index (χ1v) is 10.8. The lowest BCUT2D eigenvalue weighted by molar-refractivity contribution is 0.102. The van der Waals surface area contributed by atoms with Crippen LogP contribution in [0.25, 0.3) is 0 Å². The maximum atomic E-state index is 12.4. The van der Waals surface area contributed by atoms with Crippen LogP contribution in [-0.2, 0) is 13.0 Å². The van der Waals surface area contributed by atoms with E-state index in [0.717, 1.165) is 31.5 Å². The zero-order valence-corrected chi connectivity index (χ0v) is 17.6. The molecule has 0 radical (unpaired) electrons. The van der Waals surface area contributed by atoms with Gasteiger partial charge in [-0.2, -0.15) is 5.10 Å². The number of carbonyl (C=O) groups excluding carboxylic acids is 1. The van der Waals surface area contributed by atoms with Gasteiger partial charge in [0.05, 0.1) is 18.8 Å². The van der Waals surface area contributed by atoms with Crippen LogP contribution in [0.3, 0.4) is 0 Å². The van der Waals surface area contributed by atoms with Crippen LogP contribution in [0.15, 0.2) is 79.0 Å². The minimum atomic E-state index is -0.280. The van der Waals surface area contributed by atoms with Crippen LogP contribution in [0.2, 0.25) is 0 Å². The highest BCUT2D eigenvalue weighted by Gasteiger charge is 2.24. The molecule has 1 amide bonds. The van der Waals surface area contributed by atoms with Gasteiger partial charge in [0.1, 0.15) is 5.82 Å². The van der Waals surface area contributed by atoms with E-state index in [2.05, 4.69) is 54.9 Å². The van der Waals surface area contributed by atoms with E-state index in [1.54, 1.807) is 12.1 Å². The number of amides is 1. The van der Waals surface area contributed by atoms with Gasteiger partial charge in [0.2, 0.25) is 0 Å². The van der Waals surface area contributed by atoms with Crippen molar-refractivity contribution in [1.82, 2.24) is 20.0 Å². The molecular formula is C25H24N6O. The topological polar surface area (TPSA) is 84.7 Å². The Morgan fingerprint density at radius 3 is 2.50 bits per heavy atom. The average Bonchev–Trinajstić information content (AvgIpc) is 3.24. The zero-order chi connectivity index (χ0) is 21.8. The molecule has 4 aromatic rings. The second kappa shape index (κ2) is 9.01. The van der Waals surface area contributed by atoms with Gasteiger partial charge < -0.3 is 10.6 Å². The third-order valence-corrected chi connectivity index (χ3v) is 5.69. The molecule has 0 fully saturated rings. The van der Waals surface area contributed by atoms with Crippen molar-refractivity contribution in [1.29, 1.82) is 0 Å². The third kappa shape index (κ3) is 4.37. The minimum Gasteiger partial charge on any atom is -0.362 e. The number of nitrogens with one attached hydrogen (secondary N) is 2. The predicted molar refractivity (Wildman–Crippen MR) is 123 cm³/mol. The van der Waals surface area contributed by atoms with Gasteiger partial charge in [0, 0.05) is 16.9 Å². The number of anilines is 2.